The number of aldehydes is 1. The van der Waals surface area contributed by atoms with Gasteiger partial charge in [0, 0.05) is 15.4 Å². The van der Waals surface area contributed by atoms with Gasteiger partial charge in [-0.1, -0.05) is 43.6 Å². The molecule has 17 heavy (non-hydrogen) atoms. The van der Waals surface area contributed by atoms with Crippen LogP contribution in [0.3, 0.4) is 0 Å². The van der Waals surface area contributed by atoms with E-state index in [0.29, 0.717) is 10.6 Å². The summed E-state index contributed by atoms with van der Waals surface area (Å²) in [7, 11) is 0. The molecule has 1 aromatic rings. The summed E-state index contributed by atoms with van der Waals surface area (Å²) in [6.45, 7) is 3.05. The van der Waals surface area contributed by atoms with E-state index in [9.17, 15) is 14.9 Å². The van der Waals surface area contributed by atoms with E-state index >= 15 is 0 Å². The third-order valence-corrected chi connectivity index (χ3v) is 3.16. The Kier molecular flexibility index (Phi) is 4.23. The molecule has 0 aliphatic rings. The molecular weight excluding hydrogens is 242 g/mol. The molecule has 0 heterocycles. The maximum absolute atomic E-state index is 11.1. The van der Waals surface area contributed by atoms with Crippen LogP contribution in [0.2, 0.25) is 5.02 Å². The third kappa shape index (κ3) is 3.27. The Hall–Kier alpha value is -1.42. The van der Waals surface area contributed by atoms with E-state index in [4.69, 9.17) is 11.6 Å². The predicted molar refractivity (Wildman–Crippen MR) is 65.9 cm³/mol. The number of nitrogens with zero attached hydrogens (tertiary/aromatic N) is 1. The van der Waals surface area contributed by atoms with Gasteiger partial charge in [0.25, 0.3) is 0 Å². The van der Waals surface area contributed by atoms with Crippen LogP contribution in [0, 0.1) is 15.5 Å². The van der Waals surface area contributed by atoms with Gasteiger partial charge in [0.15, 0.2) is 0 Å². The Morgan fingerprint density at radius 2 is 2.06 bits per heavy atom. The first-order valence-electron chi connectivity index (χ1n) is 5.21. The van der Waals surface area contributed by atoms with Crippen LogP contribution < -0.4 is 0 Å². The predicted octanol–water partition coefficient (Wildman–Crippen LogP) is 2.93. The Morgan fingerprint density at radius 3 is 2.53 bits per heavy atom. The Labute approximate surface area is 105 Å². The van der Waals surface area contributed by atoms with Gasteiger partial charge in [-0.25, -0.2) is 0 Å². The molecule has 0 spiro atoms. The molecule has 4 nitrogen and oxygen atoms in total. The Balaban J connectivity index is 3.20. The number of carbonyl (C=O) groups excluding carboxylic acids is 1. The molecule has 0 bridgehead atoms. The number of rotatable bonds is 5. The van der Waals surface area contributed by atoms with E-state index in [0.717, 1.165) is 6.29 Å². The molecule has 5 heteroatoms. The van der Waals surface area contributed by atoms with Crippen molar-refractivity contribution in [2.75, 3.05) is 6.54 Å². The van der Waals surface area contributed by atoms with E-state index in [2.05, 4.69) is 0 Å². The Bertz CT molecular complexity index is 432. The van der Waals surface area contributed by atoms with E-state index in [-0.39, 0.29) is 6.54 Å². The van der Waals surface area contributed by atoms with Crippen LogP contribution in [0.25, 0.3) is 0 Å². The SMILES string of the molecule is CC(C)(C=O)[C@@H](C[N+](=O)[O-])c1ccccc1Cl. The minimum absolute atomic E-state index is 0.310. The zero-order chi connectivity index (χ0) is 13.1. The molecule has 0 aliphatic heterocycles. The van der Waals surface area contributed by atoms with Gasteiger partial charge in [-0.2, -0.15) is 0 Å². The first-order chi connectivity index (χ1) is 7.88. The molecule has 0 fully saturated rings. The number of hydrogen-bond donors (Lipinski definition) is 0. The summed E-state index contributed by atoms with van der Waals surface area (Å²) in [4.78, 5) is 21.4. The lowest BCUT2D eigenvalue weighted by molar-refractivity contribution is -0.485. The second-order valence-corrected chi connectivity index (χ2v) is 4.94. The van der Waals surface area contributed by atoms with Crippen molar-refractivity contribution < 1.29 is 9.72 Å². The monoisotopic (exact) mass is 255 g/mol. The third-order valence-electron chi connectivity index (χ3n) is 2.81. The molecule has 1 rings (SSSR count). The van der Waals surface area contributed by atoms with Gasteiger partial charge in [-0.05, 0) is 11.6 Å². The molecule has 0 saturated carbocycles. The van der Waals surface area contributed by atoms with E-state index < -0.39 is 16.3 Å². The van der Waals surface area contributed by atoms with Gasteiger partial charge < -0.3 is 4.79 Å². The number of halogens is 1. The second-order valence-electron chi connectivity index (χ2n) is 4.53. The first kappa shape index (κ1) is 13.6. The maximum atomic E-state index is 11.1. The summed E-state index contributed by atoms with van der Waals surface area (Å²) >= 11 is 6.03. The summed E-state index contributed by atoms with van der Waals surface area (Å²) < 4.78 is 0. The molecular formula is C12H14ClNO3. The largest absolute Gasteiger partial charge is 0.303 e. The average molecular weight is 256 g/mol. The van der Waals surface area contributed by atoms with Gasteiger partial charge in [0.05, 0.1) is 5.92 Å². The summed E-state index contributed by atoms with van der Waals surface area (Å²) in [5.74, 6) is -0.524. The van der Waals surface area contributed by atoms with Crippen molar-refractivity contribution in [1.29, 1.82) is 0 Å². The van der Waals surface area contributed by atoms with Crippen molar-refractivity contribution >= 4 is 17.9 Å². The normalized spacial score (nSPS) is 13.1. The molecule has 0 amide bonds. The fraction of sp³-hybridized carbons (Fsp3) is 0.417. The molecule has 1 atom stereocenters. The van der Waals surface area contributed by atoms with Gasteiger partial charge in [0.1, 0.15) is 6.29 Å². The van der Waals surface area contributed by atoms with Crippen molar-refractivity contribution in [1.82, 2.24) is 0 Å². The van der Waals surface area contributed by atoms with Gasteiger partial charge in [-0.15, -0.1) is 0 Å². The van der Waals surface area contributed by atoms with Crippen molar-refractivity contribution in [2.45, 2.75) is 19.8 Å². The van der Waals surface area contributed by atoms with Crippen LogP contribution in [0.15, 0.2) is 24.3 Å². The molecule has 0 unspecified atom stereocenters. The van der Waals surface area contributed by atoms with Crippen LogP contribution in [0.4, 0.5) is 0 Å². The zero-order valence-corrected chi connectivity index (χ0v) is 10.5. The van der Waals surface area contributed by atoms with Crippen LogP contribution >= 0.6 is 11.6 Å². The average Bonchev–Trinajstić information content (AvgIpc) is 2.26. The van der Waals surface area contributed by atoms with Crippen LogP contribution in [-0.2, 0) is 4.79 Å². The van der Waals surface area contributed by atoms with E-state index in [1.54, 1.807) is 38.1 Å². The van der Waals surface area contributed by atoms with Crippen molar-refractivity contribution in [3.05, 3.63) is 45.0 Å². The summed E-state index contributed by atoms with van der Waals surface area (Å²) in [6, 6.07) is 6.91. The van der Waals surface area contributed by atoms with E-state index in [1.165, 1.54) is 0 Å². The Morgan fingerprint density at radius 1 is 1.47 bits per heavy atom. The van der Waals surface area contributed by atoms with E-state index in [1.807, 2.05) is 0 Å². The molecule has 0 radical (unpaired) electrons. The lowest BCUT2D eigenvalue weighted by atomic mass is 9.76. The van der Waals surface area contributed by atoms with Gasteiger partial charge >= 0.3 is 0 Å². The highest BCUT2D eigenvalue weighted by Crippen LogP contribution is 2.37. The highest BCUT2D eigenvalue weighted by atomic mass is 35.5. The summed E-state index contributed by atoms with van der Waals surface area (Å²) in [6.07, 6.45) is 0.741. The van der Waals surface area contributed by atoms with Gasteiger partial charge in [-0.3, -0.25) is 10.1 Å². The minimum atomic E-state index is -0.821. The fourth-order valence-corrected chi connectivity index (χ4v) is 1.99. The van der Waals surface area contributed by atoms with Crippen molar-refractivity contribution in [3.8, 4) is 0 Å². The highest BCUT2D eigenvalue weighted by molar-refractivity contribution is 6.31. The lowest BCUT2D eigenvalue weighted by Gasteiger charge is -2.27. The number of carbonyl (C=O) groups is 1. The highest BCUT2D eigenvalue weighted by Gasteiger charge is 2.35. The second kappa shape index (κ2) is 5.27. The number of nitro groups is 1. The lowest BCUT2D eigenvalue weighted by Crippen LogP contribution is -2.29. The molecule has 1 aromatic carbocycles. The molecule has 92 valence electrons. The smallest absolute Gasteiger partial charge is 0.211 e. The van der Waals surface area contributed by atoms with Crippen LogP contribution in [0.5, 0.6) is 0 Å². The standard InChI is InChI=1S/C12H14ClNO3/c1-12(2,8-15)10(7-14(16)17)9-5-3-4-6-11(9)13/h3-6,8,10H,7H2,1-2H3/t10-/m0/s1. The fourth-order valence-electron chi connectivity index (χ4n) is 1.72. The topological polar surface area (TPSA) is 60.2 Å². The number of hydrogen-bond acceptors (Lipinski definition) is 3. The van der Waals surface area contributed by atoms with Crippen molar-refractivity contribution in [2.24, 2.45) is 5.41 Å². The zero-order valence-electron chi connectivity index (χ0n) is 9.72. The molecule has 0 aromatic heterocycles. The molecule has 0 saturated heterocycles. The summed E-state index contributed by atoms with van der Waals surface area (Å²) in [5.41, 5.74) is -0.180. The minimum Gasteiger partial charge on any atom is -0.303 e. The first-order valence-corrected chi connectivity index (χ1v) is 5.59. The molecule has 0 N–H and O–H groups in total. The quantitative estimate of drug-likeness (QED) is 0.462. The summed E-state index contributed by atoms with van der Waals surface area (Å²) in [5, 5.41) is 11.2. The van der Waals surface area contributed by atoms with Crippen LogP contribution in [-0.4, -0.2) is 17.8 Å². The number of benzene rings is 1. The maximum Gasteiger partial charge on any atom is 0.211 e. The van der Waals surface area contributed by atoms with Crippen LogP contribution in [0.1, 0.15) is 25.3 Å². The van der Waals surface area contributed by atoms with Crippen molar-refractivity contribution in [3.63, 3.8) is 0 Å². The molecule has 0 aliphatic carbocycles. The van der Waals surface area contributed by atoms with Gasteiger partial charge in [0.2, 0.25) is 6.54 Å².